The summed E-state index contributed by atoms with van der Waals surface area (Å²) in [4.78, 5) is 12.3. The molecule has 0 bridgehead atoms. The molecular weight excluding hydrogens is 314 g/mol. The molecule has 2 rings (SSSR count). The number of halogens is 3. The fourth-order valence-electron chi connectivity index (χ4n) is 1.88. The second-order valence-corrected chi connectivity index (χ2v) is 5.26. The lowest BCUT2D eigenvalue weighted by Gasteiger charge is -2.09. The van der Waals surface area contributed by atoms with Crippen LogP contribution in [0.15, 0.2) is 34.8 Å². The largest absolute Gasteiger partial charge is 0.288 e. The van der Waals surface area contributed by atoms with E-state index < -0.39 is 23.0 Å². The summed E-state index contributed by atoms with van der Waals surface area (Å²) in [6.07, 6.45) is 0. The first-order chi connectivity index (χ1) is 8.91. The highest BCUT2D eigenvalue weighted by molar-refractivity contribution is 9.10. The van der Waals surface area contributed by atoms with E-state index in [1.165, 1.54) is 13.0 Å². The van der Waals surface area contributed by atoms with Crippen molar-refractivity contribution >= 4 is 21.7 Å². The number of aryl methyl sites for hydroxylation is 2. The van der Waals surface area contributed by atoms with Crippen molar-refractivity contribution in [3.63, 3.8) is 0 Å². The van der Waals surface area contributed by atoms with Gasteiger partial charge in [0.1, 0.15) is 11.6 Å². The van der Waals surface area contributed by atoms with Gasteiger partial charge in [-0.15, -0.1) is 0 Å². The van der Waals surface area contributed by atoms with Gasteiger partial charge < -0.3 is 0 Å². The predicted octanol–water partition coefficient (Wildman–Crippen LogP) is 4.58. The number of ketones is 1. The summed E-state index contributed by atoms with van der Waals surface area (Å²) < 4.78 is 28.5. The van der Waals surface area contributed by atoms with E-state index in [4.69, 9.17) is 0 Å². The zero-order chi connectivity index (χ0) is 14.2. The van der Waals surface area contributed by atoms with Crippen LogP contribution in [0.5, 0.6) is 0 Å². The molecule has 0 radical (unpaired) electrons. The molecule has 0 saturated carbocycles. The van der Waals surface area contributed by atoms with E-state index in [1.54, 1.807) is 25.1 Å². The first-order valence-electron chi connectivity index (χ1n) is 5.67. The summed E-state index contributed by atoms with van der Waals surface area (Å²) >= 11 is 3.28. The van der Waals surface area contributed by atoms with Crippen molar-refractivity contribution in [2.24, 2.45) is 0 Å². The lowest BCUT2D eigenvalue weighted by atomic mass is 9.97. The van der Waals surface area contributed by atoms with Gasteiger partial charge in [0, 0.05) is 10.0 Å². The Labute approximate surface area is 118 Å². The fraction of sp³-hybridized carbons (Fsp3) is 0.133. The van der Waals surface area contributed by atoms with Crippen molar-refractivity contribution in [2.45, 2.75) is 13.8 Å². The molecule has 1 nitrogen and oxygen atoms in total. The first kappa shape index (κ1) is 13.9. The van der Waals surface area contributed by atoms with Gasteiger partial charge in [-0.2, -0.15) is 0 Å². The van der Waals surface area contributed by atoms with Crippen LogP contribution >= 0.6 is 15.9 Å². The monoisotopic (exact) mass is 324 g/mol. The van der Waals surface area contributed by atoms with Crippen LogP contribution in [-0.4, -0.2) is 5.78 Å². The molecule has 0 aromatic heterocycles. The third-order valence-electron chi connectivity index (χ3n) is 2.94. The molecule has 2 aromatic rings. The van der Waals surface area contributed by atoms with Crippen molar-refractivity contribution in [3.8, 4) is 0 Å². The van der Waals surface area contributed by atoms with Gasteiger partial charge in [-0.25, -0.2) is 8.78 Å². The quantitative estimate of drug-likeness (QED) is 0.739. The zero-order valence-corrected chi connectivity index (χ0v) is 12.0. The Hall–Kier alpha value is -1.55. The second-order valence-electron chi connectivity index (χ2n) is 4.34. The van der Waals surface area contributed by atoms with Crippen LogP contribution in [0.2, 0.25) is 0 Å². The van der Waals surface area contributed by atoms with E-state index in [9.17, 15) is 13.6 Å². The number of benzene rings is 2. The van der Waals surface area contributed by atoms with Crippen molar-refractivity contribution < 1.29 is 13.6 Å². The van der Waals surface area contributed by atoms with E-state index >= 15 is 0 Å². The van der Waals surface area contributed by atoms with E-state index in [0.717, 1.165) is 10.5 Å². The van der Waals surface area contributed by atoms with Crippen molar-refractivity contribution in [2.75, 3.05) is 0 Å². The van der Waals surface area contributed by atoms with Crippen LogP contribution in [0.25, 0.3) is 0 Å². The molecule has 0 spiro atoms. The van der Waals surface area contributed by atoms with Gasteiger partial charge >= 0.3 is 0 Å². The molecule has 2 aromatic carbocycles. The number of hydrogen-bond acceptors (Lipinski definition) is 1. The predicted molar refractivity (Wildman–Crippen MR) is 73.4 cm³/mol. The van der Waals surface area contributed by atoms with Gasteiger partial charge in [0.05, 0.1) is 5.56 Å². The van der Waals surface area contributed by atoms with E-state index in [-0.39, 0.29) is 5.56 Å². The van der Waals surface area contributed by atoms with Crippen LogP contribution in [0.4, 0.5) is 8.78 Å². The Bertz CT molecular complexity index is 665. The van der Waals surface area contributed by atoms with E-state index in [2.05, 4.69) is 15.9 Å². The lowest BCUT2D eigenvalue weighted by Crippen LogP contribution is -2.10. The number of carbonyl (C=O) groups excluding carboxylic acids is 1. The molecule has 4 heteroatoms. The molecular formula is C15H11BrF2O. The first-order valence-corrected chi connectivity index (χ1v) is 6.46. The highest BCUT2D eigenvalue weighted by Gasteiger charge is 2.21. The molecule has 0 aliphatic carbocycles. The van der Waals surface area contributed by atoms with Crippen LogP contribution in [0.1, 0.15) is 27.0 Å². The van der Waals surface area contributed by atoms with E-state index in [0.29, 0.717) is 11.1 Å². The minimum absolute atomic E-state index is 0.250. The Morgan fingerprint density at radius 1 is 1.05 bits per heavy atom. The standard InChI is InChI=1S/C15H11BrF2O/c1-8-3-6-12(17)13(14(8)18)15(19)11-5-4-10(16)7-9(11)2/h3-7H,1-2H3. The lowest BCUT2D eigenvalue weighted by molar-refractivity contribution is 0.103. The molecule has 0 fully saturated rings. The third kappa shape index (κ3) is 2.59. The minimum Gasteiger partial charge on any atom is -0.288 e. The fourth-order valence-corrected chi connectivity index (χ4v) is 2.36. The molecule has 0 aliphatic heterocycles. The van der Waals surface area contributed by atoms with Gasteiger partial charge in [-0.1, -0.05) is 22.0 Å². The van der Waals surface area contributed by atoms with Crippen LogP contribution in [0, 0.1) is 25.5 Å². The molecule has 98 valence electrons. The maximum absolute atomic E-state index is 13.9. The van der Waals surface area contributed by atoms with E-state index in [1.807, 2.05) is 0 Å². The molecule has 0 unspecified atom stereocenters. The van der Waals surface area contributed by atoms with Gasteiger partial charge in [-0.05, 0) is 49.2 Å². The average Bonchev–Trinajstić information content (AvgIpc) is 2.34. The Morgan fingerprint density at radius 3 is 2.37 bits per heavy atom. The number of hydrogen-bond donors (Lipinski definition) is 0. The van der Waals surface area contributed by atoms with Crippen molar-refractivity contribution in [3.05, 3.63) is 68.7 Å². The number of carbonyl (C=O) groups is 1. The van der Waals surface area contributed by atoms with Gasteiger partial charge in [0.25, 0.3) is 0 Å². The highest BCUT2D eigenvalue weighted by Crippen LogP contribution is 2.23. The van der Waals surface area contributed by atoms with Crippen LogP contribution in [-0.2, 0) is 0 Å². The molecule has 0 atom stereocenters. The SMILES string of the molecule is Cc1cc(Br)ccc1C(=O)c1c(F)ccc(C)c1F. The minimum atomic E-state index is -0.838. The summed E-state index contributed by atoms with van der Waals surface area (Å²) in [7, 11) is 0. The maximum atomic E-state index is 13.9. The van der Waals surface area contributed by atoms with Crippen molar-refractivity contribution in [1.82, 2.24) is 0 Å². The summed E-state index contributed by atoms with van der Waals surface area (Å²) in [6.45, 7) is 3.23. The van der Waals surface area contributed by atoms with Crippen LogP contribution < -0.4 is 0 Å². The third-order valence-corrected chi connectivity index (χ3v) is 3.44. The smallest absolute Gasteiger partial charge is 0.199 e. The topological polar surface area (TPSA) is 17.1 Å². The molecule has 0 heterocycles. The van der Waals surface area contributed by atoms with Gasteiger partial charge in [0.2, 0.25) is 0 Å². The summed E-state index contributed by atoms with van der Waals surface area (Å²) in [5.74, 6) is -2.27. The molecule has 0 saturated heterocycles. The van der Waals surface area contributed by atoms with Gasteiger partial charge in [-0.3, -0.25) is 4.79 Å². The Kier molecular flexibility index (Phi) is 3.80. The molecule has 0 aliphatic rings. The zero-order valence-electron chi connectivity index (χ0n) is 10.4. The Balaban J connectivity index is 2.59. The normalized spacial score (nSPS) is 10.6. The maximum Gasteiger partial charge on any atom is 0.199 e. The second kappa shape index (κ2) is 5.21. The van der Waals surface area contributed by atoms with Gasteiger partial charge in [0.15, 0.2) is 5.78 Å². The Morgan fingerprint density at radius 2 is 1.74 bits per heavy atom. The average molecular weight is 325 g/mol. The number of rotatable bonds is 2. The highest BCUT2D eigenvalue weighted by atomic mass is 79.9. The molecule has 0 N–H and O–H groups in total. The molecule has 0 amide bonds. The van der Waals surface area contributed by atoms with Crippen molar-refractivity contribution in [1.29, 1.82) is 0 Å². The summed E-state index contributed by atoms with van der Waals surface area (Å²) in [5, 5.41) is 0. The summed E-state index contributed by atoms with van der Waals surface area (Å²) in [5.41, 5.74) is 0.719. The van der Waals surface area contributed by atoms with Crippen LogP contribution in [0.3, 0.4) is 0 Å². The molecule has 19 heavy (non-hydrogen) atoms. The summed E-state index contributed by atoms with van der Waals surface area (Å²) in [6, 6.07) is 7.39.